The minimum Gasteiger partial charge on any atom is -0.497 e. The van der Waals surface area contributed by atoms with Gasteiger partial charge in [0, 0.05) is 29.8 Å². The first kappa shape index (κ1) is 27.8. The number of amides is 2. The fourth-order valence-corrected chi connectivity index (χ4v) is 5.08. The van der Waals surface area contributed by atoms with Crippen molar-refractivity contribution in [1.29, 1.82) is 0 Å². The summed E-state index contributed by atoms with van der Waals surface area (Å²) in [5, 5.41) is 25.6. The second-order valence-corrected chi connectivity index (χ2v) is 10.4. The highest BCUT2D eigenvalue weighted by atomic mass is 35.5. The minimum atomic E-state index is -0.892. The molecule has 0 saturated heterocycles. The molecule has 12 heteroatoms. The molecule has 0 unspecified atom stereocenters. The standard InChI is InChI=1S/C28H29ClFN5O5/c1-14(26(38)33-24(13-36)17-5-18(30)8-21(6-17)40-2)35-12-16-4-3-15(7-22(16)27(35)39)25-23(29)11-31-28(34-25)32-19-9-20(37)10-19/h3-8,11,14,19-20,24,36-37H,9-10,12-13H2,1-2H3,(H,33,38)(H,31,32,34)/t14-,19?,20?,24-/m1/s1. The minimum absolute atomic E-state index is 0.0835. The Bertz CT molecular complexity index is 1450. The second-order valence-electron chi connectivity index (χ2n) is 10.0. The molecule has 1 saturated carbocycles. The van der Waals surface area contributed by atoms with Crippen LogP contribution >= 0.6 is 11.6 Å². The first-order chi connectivity index (χ1) is 19.2. The maximum Gasteiger partial charge on any atom is 0.255 e. The summed E-state index contributed by atoms with van der Waals surface area (Å²) in [6.07, 6.45) is 2.40. The van der Waals surface area contributed by atoms with E-state index in [1.165, 1.54) is 36.4 Å². The van der Waals surface area contributed by atoms with Crippen molar-refractivity contribution in [2.45, 2.75) is 50.5 Å². The van der Waals surface area contributed by atoms with Crippen LogP contribution in [0, 0.1) is 5.82 Å². The van der Waals surface area contributed by atoms with Gasteiger partial charge in [0.15, 0.2) is 0 Å². The summed E-state index contributed by atoms with van der Waals surface area (Å²) in [4.78, 5) is 36.7. The molecule has 40 heavy (non-hydrogen) atoms. The quantitative estimate of drug-likeness (QED) is 0.309. The van der Waals surface area contributed by atoms with Gasteiger partial charge in [-0.25, -0.2) is 14.4 Å². The number of halogens is 2. The van der Waals surface area contributed by atoms with Crippen molar-refractivity contribution in [1.82, 2.24) is 20.2 Å². The molecule has 4 N–H and O–H groups in total. The highest BCUT2D eigenvalue weighted by Crippen LogP contribution is 2.33. The number of nitrogens with zero attached hydrogens (tertiary/aromatic N) is 3. The van der Waals surface area contributed by atoms with Crippen LogP contribution in [0.2, 0.25) is 5.02 Å². The number of aromatic nitrogens is 2. The van der Waals surface area contributed by atoms with Crippen LogP contribution in [0.1, 0.15) is 47.3 Å². The Morgan fingerprint density at radius 3 is 2.75 bits per heavy atom. The highest BCUT2D eigenvalue weighted by Gasteiger charge is 2.35. The van der Waals surface area contributed by atoms with E-state index >= 15 is 0 Å². The second kappa shape index (κ2) is 11.4. The van der Waals surface area contributed by atoms with Crippen LogP contribution in [0.3, 0.4) is 0 Å². The number of aliphatic hydroxyl groups excluding tert-OH is 2. The van der Waals surface area contributed by atoms with Crippen molar-refractivity contribution in [2.75, 3.05) is 19.0 Å². The Kier molecular flexibility index (Phi) is 7.88. The summed E-state index contributed by atoms with van der Waals surface area (Å²) in [5.41, 5.74) is 2.58. The normalized spacial score (nSPS) is 19.4. The van der Waals surface area contributed by atoms with Gasteiger partial charge in [-0.15, -0.1) is 0 Å². The lowest BCUT2D eigenvalue weighted by molar-refractivity contribution is -0.126. The molecule has 1 aromatic heterocycles. The number of hydrogen-bond donors (Lipinski definition) is 4. The van der Waals surface area contributed by atoms with Gasteiger partial charge in [0.2, 0.25) is 11.9 Å². The molecule has 1 aliphatic carbocycles. The van der Waals surface area contributed by atoms with E-state index in [4.69, 9.17) is 16.3 Å². The van der Waals surface area contributed by atoms with E-state index in [1.54, 1.807) is 19.1 Å². The molecule has 3 aromatic rings. The van der Waals surface area contributed by atoms with E-state index in [1.807, 2.05) is 6.07 Å². The van der Waals surface area contributed by atoms with E-state index in [-0.39, 0.29) is 30.3 Å². The van der Waals surface area contributed by atoms with Crippen molar-refractivity contribution in [2.24, 2.45) is 0 Å². The topological polar surface area (TPSA) is 137 Å². The molecular formula is C28H29ClFN5O5. The molecule has 210 valence electrons. The largest absolute Gasteiger partial charge is 0.497 e. The number of ether oxygens (including phenoxy) is 1. The lowest BCUT2D eigenvalue weighted by Crippen LogP contribution is -2.46. The van der Waals surface area contributed by atoms with Crippen LogP contribution in [-0.2, 0) is 11.3 Å². The van der Waals surface area contributed by atoms with Crippen LogP contribution in [0.4, 0.5) is 10.3 Å². The number of methoxy groups -OCH3 is 1. The van der Waals surface area contributed by atoms with E-state index in [2.05, 4.69) is 20.6 Å². The molecular weight excluding hydrogens is 541 g/mol. The van der Waals surface area contributed by atoms with E-state index in [9.17, 15) is 24.2 Å². The Hall–Kier alpha value is -3.80. The van der Waals surface area contributed by atoms with Gasteiger partial charge < -0.3 is 30.5 Å². The number of hydrogen-bond acceptors (Lipinski definition) is 8. The molecule has 1 fully saturated rings. The molecule has 5 rings (SSSR count). The highest BCUT2D eigenvalue weighted by molar-refractivity contribution is 6.33. The number of anilines is 1. The number of benzene rings is 2. The zero-order valence-electron chi connectivity index (χ0n) is 21.9. The van der Waals surface area contributed by atoms with Crippen molar-refractivity contribution in [3.05, 3.63) is 70.1 Å². The fraction of sp³-hybridized carbons (Fsp3) is 0.357. The predicted molar refractivity (Wildman–Crippen MR) is 145 cm³/mol. The fourth-order valence-electron chi connectivity index (χ4n) is 4.88. The number of carbonyl (C=O) groups is 2. The maximum atomic E-state index is 14.0. The molecule has 10 nitrogen and oxygen atoms in total. The average molecular weight is 570 g/mol. The van der Waals surface area contributed by atoms with Crippen LogP contribution in [0.15, 0.2) is 42.6 Å². The molecule has 2 aliphatic rings. The van der Waals surface area contributed by atoms with Gasteiger partial charge >= 0.3 is 0 Å². The van der Waals surface area contributed by atoms with E-state index in [0.29, 0.717) is 46.2 Å². The number of rotatable bonds is 9. The zero-order valence-corrected chi connectivity index (χ0v) is 22.7. The maximum absolute atomic E-state index is 14.0. The monoisotopic (exact) mass is 569 g/mol. The number of carbonyl (C=O) groups excluding carboxylic acids is 2. The summed E-state index contributed by atoms with van der Waals surface area (Å²) in [7, 11) is 1.39. The third-order valence-electron chi connectivity index (χ3n) is 7.28. The lowest BCUT2D eigenvalue weighted by Gasteiger charge is -2.31. The molecule has 0 radical (unpaired) electrons. The zero-order chi connectivity index (χ0) is 28.6. The first-order valence-corrected chi connectivity index (χ1v) is 13.2. The first-order valence-electron chi connectivity index (χ1n) is 12.8. The van der Waals surface area contributed by atoms with Gasteiger partial charge in [-0.1, -0.05) is 23.7 Å². The average Bonchev–Trinajstić information content (AvgIpc) is 3.26. The SMILES string of the molecule is COc1cc(F)cc([C@@H](CO)NC(=O)[C@@H](C)N2Cc3ccc(-c4nc(NC5CC(O)C5)ncc4Cl)cc3C2=O)c1. The van der Waals surface area contributed by atoms with Crippen molar-refractivity contribution < 1.29 is 28.9 Å². The van der Waals surface area contributed by atoms with Crippen LogP contribution in [-0.4, -0.2) is 68.8 Å². The summed E-state index contributed by atoms with van der Waals surface area (Å²) in [6, 6.07) is 7.57. The number of nitrogens with one attached hydrogen (secondary N) is 2. The third-order valence-corrected chi connectivity index (χ3v) is 7.56. The molecule has 0 spiro atoms. The lowest BCUT2D eigenvalue weighted by atomic mass is 9.90. The summed E-state index contributed by atoms with van der Waals surface area (Å²) in [6.45, 7) is 1.34. The summed E-state index contributed by atoms with van der Waals surface area (Å²) >= 11 is 6.40. The predicted octanol–water partition coefficient (Wildman–Crippen LogP) is 3.07. The van der Waals surface area contributed by atoms with Crippen LogP contribution in [0.5, 0.6) is 5.75 Å². The third kappa shape index (κ3) is 5.58. The van der Waals surface area contributed by atoms with Crippen molar-refractivity contribution >= 4 is 29.4 Å². The van der Waals surface area contributed by atoms with Crippen LogP contribution in [0.25, 0.3) is 11.3 Å². The van der Waals surface area contributed by atoms with Crippen LogP contribution < -0.4 is 15.4 Å². The molecule has 2 heterocycles. The molecule has 0 bridgehead atoms. The Labute approximate surface area is 235 Å². The van der Waals surface area contributed by atoms with Gasteiger partial charge in [-0.05, 0) is 49.1 Å². The number of fused-ring (bicyclic) bond motifs is 1. The van der Waals surface area contributed by atoms with E-state index in [0.717, 1.165) is 5.56 Å². The summed E-state index contributed by atoms with van der Waals surface area (Å²) < 4.78 is 19.1. The Morgan fingerprint density at radius 1 is 1.27 bits per heavy atom. The van der Waals surface area contributed by atoms with Crippen molar-refractivity contribution in [3.63, 3.8) is 0 Å². The van der Waals surface area contributed by atoms with Gasteiger partial charge in [0.05, 0.1) is 42.8 Å². The van der Waals surface area contributed by atoms with Gasteiger partial charge in [0.25, 0.3) is 5.91 Å². The Balaban J connectivity index is 1.31. The van der Waals surface area contributed by atoms with Gasteiger partial charge in [-0.2, -0.15) is 0 Å². The van der Waals surface area contributed by atoms with Crippen molar-refractivity contribution in [3.8, 4) is 17.0 Å². The van der Waals surface area contributed by atoms with Gasteiger partial charge in [0.1, 0.15) is 17.6 Å². The molecule has 2 aromatic carbocycles. The molecule has 1 aliphatic heterocycles. The van der Waals surface area contributed by atoms with E-state index < -0.39 is 30.4 Å². The Morgan fingerprint density at radius 2 is 2.05 bits per heavy atom. The summed E-state index contributed by atoms with van der Waals surface area (Å²) in [5.74, 6) is -0.766. The van der Waals surface area contributed by atoms with Gasteiger partial charge in [-0.3, -0.25) is 9.59 Å². The molecule has 2 amide bonds. The smallest absolute Gasteiger partial charge is 0.255 e. The number of aliphatic hydroxyl groups is 2. The molecule has 2 atom stereocenters.